The molecular formula is C14H21ClN2O. The molecule has 0 aliphatic rings. The number of benzene rings is 1. The van der Waals surface area contributed by atoms with Gasteiger partial charge in [0.2, 0.25) is 5.91 Å². The van der Waals surface area contributed by atoms with Crippen LogP contribution < -0.4 is 10.6 Å². The van der Waals surface area contributed by atoms with Crippen LogP contribution in [0.3, 0.4) is 0 Å². The van der Waals surface area contributed by atoms with Crippen molar-refractivity contribution in [3.63, 3.8) is 0 Å². The molecule has 1 aromatic rings. The summed E-state index contributed by atoms with van der Waals surface area (Å²) >= 11 is 6.14. The van der Waals surface area contributed by atoms with Crippen LogP contribution in [0.5, 0.6) is 0 Å². The lowest BCUT2D eigenvalue weighted by atomic mass is 10.1. The molecule has 1 atom stereocenters. The number of carbonyl (C=O) groups is 1. The molecule has 1 aromatic carbocycles. The first kappa shape index (κ1) is 15.0. The van der Waals surface area contributed by atoms with Gasteiger partial charge in [-0.05, 0) is 44.9 Å². The number of rotatable bonds is 5. The third-order valence-corrected chi connectivity index (χ3v) is 2.98. The normalized spacial score (nSPS) is 12.6. The predicted molar refractivity (Wildman–Crippen MR) is 75.8 cm³/mol. The Balaban J connectivity index is 2.52. The van der Waals surface area contributed by atoms with Gasteiger partial charge in [0.05, 0.1) is 6.04 Å². The number of hydrogen-bond acceptors (Lipinski definition) is 2. The quantitative estimate of drug-likeness (QED) is 0.862. The largest absolute Gasteiger partial charge is 0.353 e. The van der Waals surface area contributed by atoms with E-state index in [0.29, 0.717) is 6.54 Å². The van der Waals surface area contributed by atoms with Crippen LogP contribution in [-0.2, 0) is 11.3 Å². The first-order chi connectivity index (χ1) is 8.40. The van der Waals surface area contributed by atoms with Crippen LogP contribution in [0, 0.1) is 6.92 Å². The van der Waals surface area contributed by atoms with E-state index in [0.717, 1.165) is 16.1 Å². The molecule has 0 aromatic heterocycles. The third-order valence-electron chi connectivity index (χ3n) is 2.63. The van der Waals surface area contributed by atoms with Gasteiger partial charge in [0.15, 0.2) is 0 Å². The van der Waals surface area contributed by atoms with Crippen molar-refractivity contribution in [3.05, 3.63) is 34.3 Å². The average molecular weight is 269 g/mol. The number of carbonyl (C=O) groups excluding carboxylic acids is 1. The zero-order valence-electron chi connectivity index (χ0n) is 11.4. The first-order valence-electron chi connectivity index (χ1n) is 6.19. The number of aryl methyl sites for hydroxylation is 1. The summed E-state index contributed by atoms with van der Waals surface area (Å²) in [6.07, 6.45) is 0. The molecule has 0 saturated carbocycles. The molecule has 0 saturated heterocycles. The Hall–Kier alpha value is -1.06. The average Bonchev–Trinajstić information content (AvgIpc) is 2.26. The highest BCUT2D eigenvalue weighted by Gasteiger charge is 2.13. The molecule has 1 rings (SSSR count). The van der Waals surface area contributed by atoms with Crippen molar-refractivity contribution in [2.75, 3.05) is 0 Å². The highest BCUT2D eigenvalue weighted by Crippen LogP contribution is 2.17. The maximum atomic E-state index is 11.7. The van der Waals surface area contributed by atoms with Gasteiger partial charge >= 0.3 is 0 Å². The number of amides is 1. The fourth-order valence-electron chi connectivity index (χ4n) is 1.56. The number of hydrogen-bond donors (Lipinski definition) is 2. The molecule has 18 heavy (non-hydrogen) atoms. The summed E-state index contributed by atoms with van der Waals surface area (Å²) < 4.78 is 0. The van der Waals surface area contributed by atoms with Gasteiger partial charge in [-0.25, -0.2) is 0 Å². The van der Waals surface area contributed by atoms with E-state index in [1.807, 2.05) is 45.9 Å². The van der Waals surface area contributed by atoms with Crippen molar-refractivity contribution < 1.29 is 4.79 Å². The topological polar surface area (TPSA) is 41.1 Å². The lowest BCUT2D eigenvalue weighted by Crippen LogP contribution is -2.44. The summed E-state index contributed by atoms with van der Waals surface area (Å²) in [5.74, 6) is 0.00762. The Labute approximate surface area is 114 Å². The lowest BCUT2D eigenvalue weighted by Gasteiger charge is -2.16. The summed E-state index contributed by atoms with van der Waals surface area (Å²) in [5.41, 5.74) is 2.14. The van der Waals surface area contributed by atoms with E-state index >= 15 is 0 Å². The van der Waals surface area contributed by atoms with Crippen molar-refractivity contribution >= 4 is 17.5 Å². The van der Waals surface area contributed by atoms with Crippen LogP contribution >= 0.6 is 11.6 Å². The van der Waals surface area contributed by atoms with E-state index in [2.05, 4.69) is 10.6 Å². The Bertz CT molecular complexity index is 418. The summed E-state index contributed by atoms with van der Waals surface area (Å²) in [5, 5.41) is 6.77. The molecule has 100 valence electrons. The minimum absolute atomic E-state index is 0.00762. The van der Waals surface area contributed by atoms with Crippen LogP contribution in [-0.4, -0.2) is 18.0 Å². The standard InChI is InChI=1S/C14H21ClN2O/c1-9(2)17-14(18)11(4)16-8-12-6-5-10(3)7-13(12)15/h5-7,9,11,16H,8H2,1-4H3,(H,17,18). The molecule has 0 bridgehead atoms. The monoisotopic (exact) mass is 268 g/mol. The van der Waals surface area contributed by atoms with Crippen LogP contribution in [0.4, 0.5) is 0 Å². The highest BCUT2D eigenvalue weighted by molar-refractivity contribution is 6.31. The van der Waals surface area contributed by atoms with Crippen molar-refractivity contribution in [2.24, 2.45) is 0 Å². The molecule has 1 unspecified atom stereocenters. The zero-order chi connectivity index (χ0) is 13.7. The maximum absolute atomic E-state index is 11.7. The van der Waals surface area contributed by atoms with Gasteiger partial charge in [0, 0.05) is 17.6 Å². The Morgan fingerprint density at radius 3 is 2.56 bits per heavy atom. The van der Waals surface area contributed by atoms with Crippen LogP contribution in [0.15, 0.2) is 18.2 Å². The van der Waals surface area contributed by atoms with E-state index in [4.69, 9.17) is 11.6 Å². The molecule has 0 aliphatic carbocycles. The molecule has 4 heteroatoms. The van der Waals surface area contributed by atoms with E-state index < -0.39 is 0 Å². The second-order valence-electron chi connectivity index (χ2n) is 4.86. The van der Waals surface area contributed by atoms with E-state index in [-0.39, 0.29) is 18.0 Å². The minimum atomic E-state index is -0.232. The first-order valence-corrected chi connectivity index (χ1v) is 6.56. The molecule has 0 fully saturated rings. The van der Waals surface area contributed by atoms with E-state index in [9.17, 15) is 4.79 Å². The molecule has 0 radical (unpaired) electrons. The molecule has 3 nitrogen and oxygen atoms in total. The summed E-state index contributed by atoms with van der Waals surface area (Å²) in [4.78, 5) is 11.7. The summed E-state index contributed by atoms with van der Waals surface area (Å²) in [6.45, 7) is 8.33. The Kier molecular flexibility index (Phi) is 5.63. The fourth-order valence-corrected chi connectivity index (χ4v) is 1.86. The second-order valence-corrected chi connectivity index (χ2v) is 5.27. The van der Waals surface area contributed by atoms with Crippen molar-refractivity contribution in [1.82, 2.24) is 10.6 Å². The molecule has 0 aliphatic heterocycles. The van der Waals surface area contributed by atoms with Gasteiger partial charge in [0.25, 0.3) is 0 Å². The predicted octanol–water partition coefficient (Wildman–Crippen LogP) is 2.65. The molecule has 0 heterocycles. The SMILES string of the molecule is Cc1ccc(CNC(C)C(=O)NC(C)C)c(Cl)c1. The van der Waals surface area contributed by atoms with Gasteiger partial charge in [-0.3, -0.25) is 4.79 Å². The zero-order valence-corrected chi connectivity index (χ0v) is 12.1. The van der Waals surface area contributed by atoms with Crippen molar-refractivity contribution in [2.45, 2.75) is 46.3 Å². The maximum Gasteiger partial charge on any atom is 0.237 e. The van der Waals surface area contributed by atoms with Crippen molar-refractivity contribution in [1.29, 1.82) is 0 Å². The Morgan fingerprint density at radius 2 is 2.00 bits per heavy atom. The van der Waals surface area contributed by atoms with Crippen LogP contribution in [0.25, 0.3) is 0 Å². The molecular weight excluding hydrogens is 248 g/mol. The number of nitrogens with one attached hydrogen (secondary N) is 2. The molecule has 0 spiro atoms. The van der Waals surface area contributed by atoms with E-state index in [1.54, 1.807) is 0 Å². The molecule has 2 N–H and O–H groups in total. The van der Waals surface area contributed by atoms with Gasteiger partial charge in [-0.15, -0.1) is 0 Å². The third kappa shape index (κ3) is 4.67. The van der Waals surface area contributed by atoms with Crippen LogP contribution in [0.1, 0.15) is 31.9 Å². The van der Waals surface area contributed by atoms with Gasteiger partial charge < -0.3 is 10.6 Å². The second kappa shape index (κ2) is 6.76. The minimum Gasteiger partial charge on any atom is -0.353 e. The molecule has 1 amide bonds. The number of halogens is 1. The van der Waals surface area contributed by atoms with Gasteiger partial charge in [-0.2, -0.15) is 0 Å². The van der Waals surface area contributed by atoms with Crippen molar-refractivity contribution in [3.8, 4) is 0 Å². The van der Waals surface area contributed by atoms with Crippen LogP contribution in [0.2, 0.25) is 5.02 Å². The summed E-state index contributed by atoms with van der Waals surface area (Å²) in [7, 11) is 0. The van der Waals surface area contributed by atoms with E-state index in [1.165, 1.54) is 0 Å². The highest BCUT2D eigenvalue weighted by atomic mass is 35.5. The van der Waals surface area contributed by atoms with Gasteiger partial charge in [-0.1, -0.05) is 23.7 Å². The Morgan fingerprint density at radius 1 is 1.33 bits per heavy atom. The lowest BCUT2D eigenvalue weighted by molar-refractivity contribution is -0.123. The summed E-state index contributed by atoms with van der Waals surface area (Å²) in [6, 6.07) is 5.85. The fraction of sp³-hybridized carbons (Fsp3) is 0.500. The van der Waals surface area contributed by atoms with Gasteiger partial charge in [0.1, 0.15) is 0 Å². The smallest absolute Gasteiger partial charge is 0.237 e.